The van der Waals surface area contributed by atoms with Crippen molar-refractivity contribution in [3.05, 3.63) is 53.1 Å². The van der Waals surface area contributed by atoms with Crippen LogP contribution in [0.2, 0.25) is 0 Å². The lowest BCUT2D eigenvalue weighted by atomic mass is 10.0. The van der Waals surface area contributed by atoms with Gasteiger partial charge in [0, 0.05) is 19.3 Å². The van der Waals surface area contributed by atoms with Crippen LogP contribution in [0.4, 0.5) is 10.3 Å². The summed E-state index contributed by atoms with van der Waals surface area (Å²) in [5, 5.41) is 12.9. The molecule has 0 radical (unpaired) electrons. The van der Waals surface area contributed by atoms with E-state index in [1.54, 1.807) is 37.1 Å². The fraction of sp³-hybridized carbons (Fsp3) is 0.353. The Morgan fingerprint density at radius 1 is 1.33 bits per heavy atom. The van der Waals surface area contributed by atoms with Gasteiger partial charge in [-0.05, 0) is 37.1 Å². The van der Waals surface area contributed by atoms with E-state index in [0.29, 0.717) is 18.1 Å². The number of benzene rings is 1. The highest BCUT2D eigenvalue weighted by atomic mass is 19.1. The number of hydrogen-bond acceptors (Lipinski definition) is 5. The van der Waals surface area contributed by atoms with Crippen LogP contribution in [0.3, 0.4) is 0 Å². The van der Waals surface area contributed by atoms with Gasteiger partial charge in [-0.2, -0.15) is 0 Å². The first-order valence-electron chi connectivity index (χ1n) is 7.76. The number of aromatic nitrogens is 2. The maximum atomic E-state index is 13.1. The zero-order chi connectivity index (χ0) is 17.3. The molecule has 0 unspecified atom stereocenters. The minimum absolute atomic E-state index is 0.221. The third-order valence-electron chi connectivity index (χ3n) is 4.09. The quantitative estimate of drug-likeness (QED) is 0.899. The number of amides is 1. The molecule has 1 aromatic carbocycles. The lowest BCUT2D eigenvalue weighted by molar-refractivity contribution is 0.0709. The Kier molecular flexibility index (Phi) is 4.44. The van der Waals surface area contributed by atoms with Crippen LogP contribution in [-0.4, -0.2) is 45.6 Å². The van der Waals surface area contributed by atoms with Gasteiger partial charge < -0.3 is 15.3 Å². The number of aryl methyl sites for hydroxylation is 1. The van der Waals surface area contributed by atoms with Gasteiger partial charge in [0.1, 0.15) is 11.5 Å². The molecule has 3 rings (SSSR count). The summed E-state index contributed by atoms with van der Waals surface area (Å²) in [6.45, 7) is 2.01. The van der Waals surface area contributed by atoms with Crippen LogP contribution < -0.4 is 5.32 Å². The summed E-state index contributed by atoms with van der Waals surface area (Å²) in [5.74, 6) is -0.237. The van der Waals surface area contributed by atoms with E-state index in [0.717, 1.165) is 5.56 Å². The minimum atomic E-state index is -0.615. The summed E-state index contributed by atoms with van der Waals surface area (Å²) in [4.78, 5) is 22.9. The molecule has 2 atom stereocenters. The molecule has 7 heteroatoms. The number of rotatable bonds is 3. The minimum Gasteiger partial charge on any atom is -0.391 e. The second-order valence-electron chi connectivity index (χ2n) is 5.88. The fourth-order valence-corrected chi connectivity index (χ4v) is 2.98. The highest BCUT2D eigenvalue weighted by molar-refractivity contribution is 5.93. The standard InChI is InChI=1S/C17H19FN4O2/c1-10-7-14(21-17(19-2)20-10)16(24)22-9-13(23)8-15(22)11-3-5-12(18)6-4-11/h3-7,13,15,23H,8-9H2,1-2H3,(H,19,20,21)/t13-,15-/m1/s1. The van der Waals surface area contributed by atoms with Gasteiger partial charge in [0.25, 0.3) is 5.91 Å². The molecule has 0 spiro atoms. The van der Waals surface area contributed by atoms with Gasteiger partial charge in [-0.3, -0.25) is 4.79 Å². The number of aliphatic hydroxyl groups is 1. The van der Waals surface area contributed by atoms with E-state index in [9.17, 15) is 14.3 Å². The van der Waals surface area contributed by atoms with Crippen LogP contribution in [0.25, 0.3) is 0 Å². The van der Waals surface area contributed by atoms with E-state index in [1.807, 2.05) is 0 Å². The molecule has 0 bridgehead atoms. The van der Waals surface area contributed by atoms with Crippen LogP contribution in [0.5, 0.6) is 0 Å². The molecule has 1 saturated heterocycles. The van der Waals surface area contributed by atoms with Crippen molar-refractivity contribution in [2.45, 2.75) is 25.5 Å². The largest absolute Gasteiger partial charge is 0.391 e. The number of likely N-dealkylation sites (tertiary alicyclic amines) is 1. The predicted octanol–water partition coefficient (Wildman–Crippen LogP) is 1.91. The molecule has 1 aromatic heterocycles. The molecule has 2 aromatic rings. The summed E-state index contributed by atoms with van der Waals surface area (Å²) in [7, 11) is 1.68. The number of carbonyl (C=O) groups is 1. The molecule has 126 valence electrons. The Hall–Kier alpha value is -2.54. The number of carbonyl (C=O) groups excluding carboxylic acids is 1. The summed E-state index contributed by atoms with van der Waals surface area (Å²) < 4.78 is 13.1. The zero-order valence-corrected chi connectivity index (χ0v) is 13.5. The van der Waals surface area contributed by atoms with Crippen LogP contribution in [0.1, 0.15) is 34.2 Å². The number of halogens is 1. The van der Waals surface area contributed by atoms with Gasteiger partial charge in [-0.15, -0.1) is 0 Å². The van der Waals surface area contributed by atoms with Crippen molar-refractivity contribution >= 4 is 11.9 Å². The van der Waals surface area contributed by atoms with Gasteiger partial charge in [-0.25, -0.2) is 14.4 Å². The second kappa shape index (κ2) is 6.52. The fourth-order valence-electron chi connectivity index (χ4n) is 2.98. The maximum absolute atomic E-state index is 13.1. The van der Waals surface area contributed by atoms with E-state index in [4.69, 9.17) is 0 Å². The molecule has 2 N–H and O–H groups in total. The zero-order valence-electron chi connectivity index (χ0n) is 13.5. The van der Waals surface area contributed by atoms with Crippen LogP contribution in [0, 0.1) is 12.7 Å². The highest BCUT2D eigenvalue weighted by Gasteiger charge is 2.36. The Morgan fingerprint density at radius 2 is 2.04 bits per heavy atom. The van der Waals surface area contributed by atoms with Crippen LogP contribution >= 0.6 is 0 Å². The van der Waals surface area contributed by atoms with E-state index < -0.39 is 6.10 Å². The Bertz CT molecular complexity index is 751. The van der Waals surface area contributed by atoms with Crippen molar-refractivity contribution in [1.29, 1.82) is 0 Å². The first-order valence-corrected chi connectivity index (χ1v) is 7.76. The van der Waals surface area contributed by atoms with E-state index >= 15 is 0 Å². The van der Waals surface area contributed by atoms with Crippen molar-refractivity contribution in [3.63, 3.8) is 0 Å². The number of nitrogens with one attached hydrogen (secondary N) is 1. The number of aliphatic hydroxyl groups excluding tert-OH is 1. The third kappa shape index (κ3) is 3.21. The Labute approximate surface area is 139 Å². The van der Waals surface area contributed by atoms with Crippen LogP contribution in [-0.2, 0) is 0 Å². The summed E-state index contributed by atoms with van der Waals surface area (Å²) in [6.07, 6.45) is -0.198. The van der Waals surface area contributed by atoms with E-state index in [2.05, 4.69) is 15.3 Å². The molecule has 1 aliphatic rings. The van der Waals surface area contributed by atoms with Gasteiger partial charge in [-0.1, -0.05) is 12.1 Å². The monoisotopic (exact) mass is 330 g/mol. The summed E-state index contributed by atoms with van der Waals surface area (Å²) in [5.41, 5.74) is 1.74. The topological polar surface area (TPSA) is 78.4 Å². The predicted molar refractivity (Wildman–Crippen MR) is 87.1 cm³/mol. The number of nitrogens with zero attached hydrogens (tertiary/aromatic N) is 3. The van der Waals surface area contributed by atoms with Gasteiger partial charge in [0.15, 0.2) is 0 Å². The molecule has 0 saturated carbocycles. The molecular formula is C17H19FN4O2. The summed E-state index contributed by atoms with van der Waals surface area (Å²) in [6, 6.07) is 7.31. The molecule has 1 amide bonds. The van der Waals surface area contributed by atoms with Gasteiger partial charge in [0.05, 0.1) is 12.1 Å². The third-order valence-corrected chi connectivity index (χ3v) is 4.09. The van der Waals surface area contributed by atoms with Crippen molar-refractivity contribution in [2.24, 2.45) is 0 Å². The normalized spacial score (nSPS) is 20.2. The smallest absolute Gasteiger partial charge is 0.273 e. The molecule has 0 aliphatic carbocycles. The second-order valence-corrected chi connectivity index (χ2v) is 5.88. The summed E-state index contributed by atoms with van der Waals surface area (Å²) >= 11 is 0. The Morgan fingerprint density at radius 3 is 2.71 bits per heavy atom. The first-order chi connectivity index (χ1) is 11.5. The SMILES string of the molecule is CNc1nc(C)cc(C(=O)N2C[C@H](O)C[C@@H]2c2ccc(F)cc2)n1. The van der Waals surface area contributed by atoms with Gasteiger partial charge in [0.2, 0.25) is 5.95 Å². The van der Waals surface area contributed by atoms with Crippen molar-refractivity contribution in [3.8, 4) is 0 Å². The van der Waals surface area contributed by atoms with E-state index in [1.165, 1.54) is 12.1 Å². The molecule has 1 fully saturated rings. The number of anilines is 1. The first kappa shape index (κ1) is 16.3. The molecule has 1 aliphatic heterocycles. The highest BCUT2D eigenvalue weighted by Crippen LogP contribution is 2.33. The van der Waals surface area contributed by atoms with Crippen molar-refractivity contribution in [2.75, 3.05) is 18.9 Å². The number of β-amino-alcohol motifs (C(OH)–C–C–N with tert-alkyl or cyclic N) is 1. The lowest BCUT2D eigenvalue weighted by Gasteiger charge is -2.24. The molecule has 24 heavy (non-hydrogen) atoms. The lowest BCUT2D eigenvalue weighted by Crippen LogP contribution is -2.32. The van der Waals surface area contributed by atoms with E-state index in [-0.39, 0.29) is 30.0 Å². The average Bonchev–Trinajstić information content (AvgIpc) is 2.96. The molecule has 6 nitrogen and oxygen atoms in total. The molecule has 2 heterocycles. The average molecular weight is 330 g/mol. The Balaban J connectivity index is 1.92. The van der Waals surface area contributed by atoms with Gasteiger partial charge >= 0.3 is 0 Å². The number of hydrogen-bond donors (Lipinski definition) is 2. The van der Waals surface area contributed by atoms with Crippen LogP contribution in [0.15, 0.2) is 30.3 Å². The van der Waals surface area contributed by atoms with Crippen molar-refractivity contribution < 1.29 is 14.3 Å². The molecular weight excluding hydrogens is 311 g/mol. The van der Waals surface area contributed by atoms with Crippen molar-refractivity contribution in [1.82, 2.24) is 14.9 Å². The maximum Gasteiger partial charge on any atom is 0.273 e.